The molecule has 1 aliphatic carbocycles. The molecule has 8 nitrogen and oxygen atoms in total. The molecule has 0 spiro atoms. The molecule has 2 aromatic rings. The SMILES string of the molecule is CCn1cnc2c(N3CC4CN(C(=O)NC5CCCC5)CC4C3)ncnc21. The van der Waals surface area contributed by atoms with E-state index in [1.54, 1.807) is 6.33 Å². The van der Waals surface area contributed by atoms with Crippen LogP contribution < -0.4 is 10.2 Å². The number of aromatic nitrogens is 4. The normalized spacial score (nSPS) is 25.5. The smallest absolute Gasteiger partial charge is 0.317 e. The number of fused-ring (bicyclic) bond motifs is 2. The van der Waals surface area contributed by atoms with Gasteiger partial charge in [0.2, 0.25) is 0 Å². The lowest BCUT2D eigenvalue weighted by molar-refractivity contribution is 0.201. The molecule has 2 aromatic heterocycles. The summed E-state index contributed by atoms with van der Waals surface area (Å²) in [5, 5.41) is 3.23. The molecule has 0 radical (unpaired) electrons. The summed E-state index contributed by atoms with van der Waals surface area (Å²) >= 11 is 0. The average molecular weight is 369 g/mol. The minimum absolute atomic E-state index is 0.133. The monoisotopic (exact) mass is 369 g/mol. The van der Waals surface area contributed by atoms with E-state index in [4.69, 9.17) is 0 Å². The number of urea groups is 1. The van der Waals surface area contributed by atoms with Crippen molar-refractivity contribution in [3.05, 3.63) is 12.7 Å². The van der Waals surface area contributed by atoms with Gasteiger partial charge in [-0.2, -0.15) is 0 Å². The first-order chi connectivity index (χ1) is 13.2. The Labute approximate surface area is 159 Å². The van der Waals surface area contributed by atoms with Gasteiger partial charge in [0.15, 0.2) is 17.0 Å². The molecule has 27 heavy (non-hydrogen) atoms. The fourth-order valence-corrected chi connectivity index (χ4v) is 5.00. The summed E-state index contributed by atoms with van der Waals surface area (Å²) in [6, 6.07) is 0.520. The third-order valence-corrected chi connectivity index (χ3v) is 6.48. The van der Waals surface area contributed by atoms with Crippen LogP contribution in [-0.4, -0.2) is 62.7 Å². The van der Waals surface area contributed by atoms with Crippen LogP contribution in [-0.2, 0) is 6.54 Å². The van der Waals surface area contributed by atoms with Crippen LogP contribution in [0.15, 0.2) is 12.7 Å². The van der Waals surface area contributed by atoms with Crippen LogP contribution in [0.25, 0.3) is 11.2 Å². The average Bonchev–Trinajstić information content (AvgIpc) is 3.43. The summed E-state index contributed by atoms with van der Waals surface area (Å²) in [7, 11) is 0. The predicted octanol–water partition coefficient (Wildman–Crippen LogP) is 1.87. The zero-order valence-corrected chi connectivity index (χ0v) is 15.8. The van der Waals surface area contributed by atoms with E-state index in [1.807, 2.05) is 15.8 Å². The second kappa shape index (κ2) is 6.65. The second-order valence-electron chi connectivity index (χ2n) is 8.16. The minimum atomic E-state index is 0.133. The maximum Gasteiger partial charge on any atom is 0.317 e. The van der Waals surface area contributed by atoms with Gasteiger partial charge >= 0.3 is 6.03 Å². The van der Waals surface area contributed by atoms with Crippen molar-refractivity contribution in [2.45, 2.75) is 45.2 Å². The lowest BCUT2D eigenvalue weighted by Crippen LogP contribution is -2.44. The molecule has 2 amide bonds. The van der Waals surface area contributed by atoms with Gasteiger partial charge in [-0.25, -0.2) is 19.7 Å². The molecule has 2 saturated heterocycles. The quantitative estimate of drug-likeness (QED) is 0.893. The van der Waals surface area contributed by atoms with Crippen LogP contribution in [0.1, 0.15) is 32.6 Å². The topological polar surface area (TPSA) is 79.2 Å². The number of carbonyl (C=O) groups excluding carboxylic acids is 1. The molecule has 8 heteroatoms. The van der Waals surface area contributed by atoms with Crippen molar-refractivity contribution in [1.29, 1.82) is 0 Å². The summed E-state index contributed by atoms with van der Waals surface area (Å²) in [4.78, 5) is 30.4. The van der Waals surface area contributed by atoms with Crippen molar-refractivity contribution < 1.29 is 4.79 Å². The highest BCUT2D eigenvalue weighted by molar-refractivity contribution is 5.83. The Morgan fingerprint density at radius 2 is 1.85 bits per heavy atom. The third kappa shape index (κ3) is 2.91. The summed E-state index contributed by atoms with van der Waals surface area (Å²) in [6.07, 6.45) is 8.23. The van der Waals surface area contributed by atoms with Gasteiger partial charge in [0.1, 0.15) is 6.33 Å². The first-order valence-corrected chi connectivity index (χ1v) is 10.2. The van der Waals surface area contributed by atoms with E-state index in [9.17, 15) is 4.79 Å². The fraction of sp³-hybridized carbons (Fsp3) is 0.684. The van der Waals surface area contributed by atoms with Crippen molar-refractivity contribution in [2.24, 2.45) is 11.8 Å². The van der Waals surface area contributed by atoms with E-state index in [1.165, 1.54) is 12.8 Å². The van der Waals surface area contributed by atoms with Gasteiger partial charge in [-0.15, -0.1) is 0 Å². The van der Waals surface area contributed by atoms with Gasteiger partial charge in [0.25, 0.3) is 0 Å². The van der Waals surface area contributed by atoms with Crippen LogP contribution in [0.5, 0.6) is 0 Å². The van der Waals surface area contributed by atoms with Gasteiger partial charge in [-0.05, 0) is 19.8 Å². The Balaban J connectivity index is 1.26. The molecule has 1 N–H and O–H groups in total. The molecule has 4 heterocycles. The lowest BCUT2D eigenvalue weighted by atomic mass is 10.0. The fourth-order valence-electron chi connectivity index (χ4n) is 5.00. The van der Waals surface area contributed by atoms with E-state index in [0.29, 0.717) is 17.9 Å². The van der Waals surface area contributed by atoms with Gasteiger partial charge in [0.05, 0.1) is 6.33 Å². The second-order valence-corrected chi connectivity index (χ2v) is 8.16. The van der Waals surface area contributed by atoms with Crippen molar-refractivity contribution in [3.63, 3.8) is 0 Å². The number of aryl methyl sites for hydroxylation is 1. The van der Waals surface area contributed by atoms with E-state index in [0.717, 1.165) is 62.5 Å². The number of hydrogen-bond donors (Lipinski definition) is 1. The summed E-state index contributed by atoms with van der Waals surface area (Å²) < 4.78 is 2.05. The van der Waals surface area contributed by atoms with Crippen molar-refractivity contribution in [2.75, 3.05) is 31.1 Å². The number of nitrogens with zero attached hydrogens (tertiary/aromatic N) is 6. The van der Waals surface area contributed by atoms with E-state index in [2.05, 4.69) is 32.1 Å². The number of hydrogen-bond acceptors (Lipinski definition) is 5. The maximum atomic E-state index is 12.6. The molecule has 3 aliphatic rings. The summed E-state index contributed by atoms with van der Waals surface area (Å²) in [6.45, 7) is 6.50. The molecular weight excluding hydrogens is 342 g/mol. The van der Waals surface area contributed by atoms with Crippen LogP contribution >= 0.6 is 0 Å². The number of carbonyl (C=O) groups is 1. The molecule has 144 valence electrons. The molecule has 2 atom stereocenters. The zero-order valence-electron chi connectivity index (χ0n) is 15.8. The van der Waals surface area contributed by atoms with Crippen LogP contribution in [0.3, 0.4) is 0 Å². The third-order valence-electron chi connectivity index (χ3n) is 6.48. The standard InChI is InChI=1S/C19H27N7O/c1-2-24-12-22-16-17(24)20-11-21-18(16)25-7-13-9-26(10-14(13)8-25)19(27)23-15-5-3-4-6-15/h11-15H,2-10H2,1H3,(H,23,27). The highest BCUT2D eigenvalue weighted by atomic mass is 16.2. The van der Waals surface area contributed by atoms with E-state index in [-0.39, 0.29) is 6.03 Å². The number of amides is 2. The number of anilines is 1. The highest BCUT2D eigenvalue weighted by Gasteiger charge is 2.42. The summed E-state index contributed by atoms with van der Waals surface area (Å²) in [5.41, 5.74) is 1.78. The maximum absolute atomic E-state index is 12.6. The number of likely N-dealkylation sites (tertiary alicyclic amines) is 1. The number of nitrogens with one attached hydrogen (secondary N) is 1. The van der Waals surface area contributed by atoms with E-state index >= 15 is 0 Å². The molecule has 1 saturated carbocycles. The first kappa shape index (κ1) is 16.8. The largest absolute Gasteiger partial charge is 0.354 e. The molecule has 0 aromatic carbocycles. The van der Waals surface area contributed by atoms with Crippen molar-refractivity contribution in [1.82, 2.24) is 29.7 Å². The Hall–Kier alpha value is -2.38. The Kier molecular flexibility index (Phi) is 4.13. The van der Waals surface area contributed by atoms with Crippen molar-refractivity contribution in [3.8, 4) is 0 Å². The molecule has 0 bridgehead atoms. The molecule has 5 rings (SSSR count). The zero-order chi connectivity index (χ0) is 18.4. The van der Waals surface area contributed by atoms with Crippen LogP contribution in [0.2, 0.25) is 0 Å². The van der Waals surface area contributed by atoms with Gasteiger partial charge < -0.3 is 19.7 Å². The Morgan fingerprint density at radius 3 is 2.56 bits per heavy atom. The predicted molar refractivity (Wildman–Crippen MR) is 103 cm³/mol. The highest BCUT2D eigenvalue weighted by Crippen LogP contribution is 2.35. The molecule has 2 unspecified atom stereocenters. The Bertz CT molecular complexity index is 830. The molecule has 2 aliphatic heterocycles. The lowest BCUT2D eigenvalue weighted by Gasteiger charge is -2.24. The van der Waals surface area contributed by atoms with E-state index < -0.39 is 0 Å². The molecular formula is C19H27N7O. The molecule has 3 fully saturated rings. The van der Waals surface area contributed by atoms with Crippen LogP contribution in [0.4, 0.5) is 10.6 Å². The van der Waals surface area contributed by atoms with Crippen LogP contribution in [0, 0.1) is 11.8 Å². The number of rotatable bonds is 3. The first-order valence-electron chi connectivity index (χ1n) is 10.2. The van der Waals surface area contributed by atoms with Gasteiger partial charge in [0, 0.05) is 50.6 Å². The van der Waals surface area contributed by atoms with Gasteiger partial charge in [-0.3, -0.25) is 0 Å². The Morgan fingerprint density at radius 1 is 1.11 bits per heavy atom. The van der Waals surface area contributed by atoms with Crippen molar-refractivity contribution >= 4 is 23.0 Å². The number of imidazole rings is 1. The summed E-state index contributed by atoms with van der Waals surface area (Å²) in [5.74, 6) is 1.96. The minimum Gasteiger partial charge on any atom is -0.354 e. The van der Waals surface area contributed by atoms with Gasteiger partial charge in [-0.1, -0.05) is 12.8 Å².